The summed E-state index contributed by atoms with van der Waals surface area (Å²) in [7, 11) is 1.66. The zero-order valence-electron chi connectivity index (χ0n) is 14.3. The maximum atomic E-state index is 9.65. The fourth-order valence-electron chi connectivity index (χ4n) is 3.90. The quantitative estimate of drug-likeness (QED) is 0.739. The molecule has 0 radical (unpaired) electrons. The zero-order chi connectivity index (χ0) is 17.2. The van der Waals surface area contributed by atoms with Crippen LogP contribution < -0.4 is 15.4 Å². The summed E-state index contributed by atoms with van der Waals surface area (Å²) in [5.74, 6) is 7.68. The van der Waals surface area contributed by atoms with Gasteiger partial charge in [-0.3, -0.25) is 0 Å². The maximum Gasteiger partial charge on any atom is 0.134 e. The molecule has 3 N–H and O–H groups in total. The van der Waals surface area contributed by atoms with Gasteiger partial charge in [-0.2, -0.15) is 0 Å². The molecule has 3 atom stereocenters. The molecule has 2 aliphatic heterocycles. The van der Waals surface area contributed by atoms with Gasteiger partial charge in [0.05, 0.1) is 25.3 Å². The molecule has 4 rings (SSSR count). The normalized spacial score (nSPS) is 23.7. The SMILES string of the molecule is COc1ccccc1C#Cc1ccc2c(c1)[C@@H]1NCC[C@@H]1[C@H](CO)N2. The Hall–Kier alpha value is -2.48. The van der Waals surface area contributed by atoms with Gasteiger partial charge in [-0.25, -0.2) is 0 Å². The van der Waals surface area contributed by atoms with Gasteiger partial charge in [-0.15, -0.1) is 0 Å². The topological polar surface area (TPSA) is 53.5 Å². The Balaban J connectivity index is 1.67. The summed E-state index contributed by atoms with van der Waals surface area (Å²) in [5, 5.41) is 16.7. The molecule has 2 aliphatic rings. The first-order valence-corrected chi connectivity index (χ1v) is 8.70. The lowest BCUT2D eigenvalue weighted by molar-refractivity contribution is 0.224. The summed E-state index contributed by atoms with van der Waals surface area (Å²) in [6.07, 6.45) is 1.08. The third-order valence-electron chi connectivity index (χ3n) is 5.16. The highest BCUT2D eigenvalue weighted by molar-refractivity contribution is 5.61. The third-order valence-corrected chi connectivity index (χ3v) is 5.16. The molecule has 0 aromatic heterocycles. The van der Waals surface area contributed by atoms with E-state index in [-0.39, 0.29) is 12.6 Å². The van der Waals surface area contributed by atoms with Crippen molar-refractivity contribution >= 4 is 5.69 Å². The van der Waals surface area contributed by atoms with Gasteiger partial charge in [0.15, 0.2) is 0 Å². The monoisotopic (exact) mass is 334 g/mol. The van der Waals surface area contributed by atoms with Crippen LogP contribution in [0.25, 0.3) is 0 Å². The number of anilines is 1. The summed E-state index contributed by atoms with van der Waals surface area (Å²) in [6.45, 7) is 1.15. The van der Waals surface area contributed by atoms with Gasteiger partial charge in [0.25, 0.3) is 0 Å². The Morgan fingerprint density at radius 2 is 2.08 bits per heavy atom. The second kappa shape index (κ2) is 6.79. The van der Waals surface area contributed by atoms with Crippen molar-refractivity contribution in [2.75, 3.05) is 25.6 Å². The Labute approximate surface area is 148 Å². The summed E-state index contributed by atoms with van der Waals surface area (Å²) >= 11 is 0. The molecule has 0 amide bonds. The van der Waals surface area contributed by atoms with Crippen LogP contribution in [-0.2, 0) is 0 Å². The molecule has 1 saturated heterocycles. The molecule has 4 nitrogen and oxygen atoms in total. The standard InChI is InChI=1S/C21H22N2O2/c1-25-20-5-3-2-4-15(20)8-6-14-7-9-18-17(12-14)21-16(10-11-22-21)19(13-24)23-18/h2-5,7,9,12,16,19,21-24H,10-11,13H2,1H3/t16-,19+,21-/m1/s1. The number of para-hydroxylation sites is 1. The van der Waals surface area contributed by atoms with Crippen LogP contribution in [0.1, 0.15) is 29.2 Å². The first kappa shape index (κ1) is 16.0. The predicted octanol–water partition coefficient (Wildman–Crippen LogP) is 2.53. The number of methoxy groups -OCH3 is 1. The van der Waals surface area contributed by atoms with Crippen molar-refractivity contribution in [2.45, 2.75) is 18.5 Å². The average molecular weight is 334 g/mol. The lowest BCUT2D eigenvalue weighted by Crippen LogP contribution is -2.40. The summed E-state index contributed by atoms with van der Waals surface area (Å²) in [5.41, 5.74) is 4.22. The highest BCUT2D eigenvalue weighted by Gasteiger charge is 2.39. The first-order chi connectivity index (χ1) is 12.3. The number of rotatable bonds is 2. The summed E-state index contributed by atoms with van der Waals surface area (Å²) < 4.78 is 5.36. The van der Waals surface area contributed by atoms with Crippen molar-refractivity contribution in [2.24, 2.45) is 5.92 Å². The number of hydrogen-bond acceptors (Lipinski definition) is 4. The molecular formula is C21H22N2O2. The zero-order valence-corrected chi connectivity index (χ0v) is 14.3. The smallest absolute Gasteiger partial charge is 0.134 e. The second-order valence-electron chi connectivity index (χ2n) is 6.57. The molecule has 1 fully saturated rings. The number of fused-ring (bicyclic) bond motifs is 3. The number of benzene rings is 2. The van der Waals surface area contributed by atoms with Crippen LogP contribution >= 0.6 is 0 Å². The Morgan fingerprint density at radius 3 is 2.92 bits per heavy atom. The number of nitrogens with one attached hydrogen (secondary N) is 2. The van der Waals surface area contributed by atoms with Crippen molar-refractivity contribution in [3.05, 3.63) is 59.2 Å². The van der Waals surface area contributed by atoms with Gasteiger partial charge in [-0.05, 0) is 48.9 Å². The summed E-state index contributed by atoms with van der Waals surface area (Å²) in [4.78, 5) is 0. The van der Waals surface area contributed by atoms with Crippen LogP contribution in [0.15, 0.2) is 42.5 Å². The van der Waals surface area contributed by atoms with Crippen molar-refractivity contribution in [1.29, 1.82) is 0 Å². The van der Waals surface area contributed by atoms with Gasteiger partial charge in [0.1, 0.15) is 5.75 Å². The molecule has 0 bridgehead atoms. The van der Waals surface area contributed by atoms with Gasteiger partial charge in [0.2, 0.25) is 0 Å². The van der Waals surface area contributed by atoms with Gasteiger partial charge in [-0.1, -0.05) is 24.0 Å². The third kappa shape index (κ3) is 2.97. The largest absolute Gasteiger partial charge is 0.495 e. The Bertz CT molecular complexity index is 837. The van der Waals surface area contributed by atoms with Crippen LogP contribution in [-0.4, -0.2) is 31.4 Å². The van der Waals surface area contributed by atoms with E-state index in [9.17, 15) is 5.11 Å². The highest BCUT2D eigenvalue weighted by atomic mass is 16.5. The fraction of sp³-hybridized carbons (Fsp3) is 0.333. The molecule has 4 heteroatoms. The molecule has 0 unspecified atom stereocenters. The van der Waals surface area contributed by atoms with E-state index in [1.807, 2.05) is 30.3 Å². The van der Waals surface area contributed by atoms with E-state index < -0.39 is 0 Å². The molecule has 2 heterocycles. The molecule has 0 saturated carbocycles. The molecule has 0 spiro atoms. The number of hydrogen-bond donors (Lipinski definition) is 3. The van der Waals surface area contributed by atoms with E-state index in [2.05, 4.69) is 34.6 Å². The molecular weight excluding hydrogens is 312 g/mol. The van der Waals surface area contributed by atoms with Crippen LogP contribution in [0.3, 0.4) is 0 Å². The molecule has 128 valence electrons. The van der Waals surface area contributed by atoms with E-state index in [1.54, 1.807) is 7.11 Å². The number of aliphatic hydroxyl groups is 1. The molecule has 2 aromatic rings. The molecule has 2 aromatic carbocycles. The number of aliphatic hydroxyl groups excluding tert-OH is 1. The molecule has 0 aliphatic carbocycles. The Morgan fingerprint density at radius 1 is 1.20 bits per heavy atom. The van der Waals surface area contributed by atoms with Gasteiger partial charge < -0.3 is 20.5 Å². The van der Waals surface area contributed by atoms with Gasteiger partial charge >= 0.3 is 0 Å². The van der Waals surface area contributed by atoms with E-state index in [0.29, 0.717) is 12.0 Å². The lowest BCUT2D eigenvalue weighted by atomic mass is 9.83. The van der Waals surface area contributed by atoms with E-state index in [0.717, 1.165) is 35.5 Å². The van der Waals surface area contributed by atoms with E-state index >= 15 is 0 Å². The predicted molar refractivity (Wildman–Crippen MR) is 98.8 cm³/mol. The van der Waals surface area contributed by atoms with Crippen LogP contribution in [0.4, 0.5) is 5.69 Å². The van der Waals surface area contributed by atoms with Crippen LogP contribution in [0.2, 0.25) is 0 Å². The van der Waals surface area contributed by atoms with Crippen molar-refractivity contribution < 1.29 is 9.84 Å². The second-order valence-corrected chi connectivity index (χ2v) is 6.57. The fourth-order valence-corrected chi connectivity index (χ4v) is 3.90. The summed E-state index contributed by atoms with van der Waals surface area (Å²) in [6, 6.07) is 14.5. The van der Waals surface area contributed by atoms with E-state index in [4.69, 9.17) is 4.74 Å². The first-order valence-electron chi connectivity index (χ1n) is 8.70. The molecule has 25 heavy (non-hydrogen) atoms. The number of ether oxygens (including phenoxy) is 1. The highest BCUT2D eigenvalue weighted by Crippen LogP contribution is 2.41. The average Bonchev–Trinajstić information content (AvgIpc) is 3.16. The van der Waals surface area contributed by atoms with E-state index in [1.165, 1.54) is 5.56 Å². The Kier molecular flexibility index (Phi) is 4.35. The lowest BCUT2D eigenvalue weighted by Gasteiger charge is -2.36. The minimum absolute atomic E-state index is 0.123. The van der Waals surface area contributed by atoms with Crippen molar-refractivity contribution in [1.82, 2.24) is 5.32 Å². The maximum absolute atomic E-state index is 9.65. The van der Waals surface area contributed by atoms with Crippen LogP contribution in [0.5, 0.6) is 5.75 Å². The van der Waals surface area contributed by atoms with Crippen LogP contribution in [0, 0.1) is 17.8 Å². The minimum Gasteiger partial charge on any atom is -0.495 e. The van der Waals surface area contributed by atoms with Gasteiger partial charge in [0, 0.05) is 23.2 Å². The van der Waals surface area contributed by atoms with Crippen molar-refractivity contribution in [3.63, 3.8) is 0 Å². The van der Waals surface area contributed by atoms with Crippen molar-refractivity contribution in [3.8, 4) is 17.6 Å². The minimum atomic E-state index is 0.123.